The highest BCUT2D eigenvalue weighted by Crippen LogP contribution is 2.31. The van der Waals surface area contributed by atoms with Crippen molar-refractivity contribution in [2.45, 2.75) is 6.92 Å². The molecule has 0 aliphatic carbocycles. The number of hydrogen-bond acceptors (Lipinski definition) is 8. The summed E-state index contributed by atoms with van der Waals surface area (Å²) in [7, 11) is 0. The van der Waals surface area contributed by atoms with E-state index in [1.165, 1.54) is 0 Å². The molecular formula is C23H30N4O3S. The van der Waals surface area contributed by atoms with E-state index in [4.69, 9.17) is 19.2 Å². The van der Waals surface area contributed by atoms with Crippen LogP contribution in [0.3, 0.4) is 0 Å². The van der Waals surface area contributed by atoms with Gasteiger partial charge in [-0.1, -0.05) is 18.2 Å². The summed E-state index contributed by atoms with van der Waals surface area (Å²) in [5, 5.41) is 0. The van der Waals surface area contributed by atoms with Crippen LogP contribution in [0.5, 0.6) is 5.88 Å². The molecule has 0 saturated carbocycles. The van der Waals surface area contributed by atoms with Crippen molar-refractivity contribution in [3.05, 3.63) is 41.5 Å². The highest BCUT2D eigenvalue weighted by molar-refractivity contribution is 7.79. The smallest absolute Gasteiger partial charge is 0.215 e. The summed E-state index contributed by atoms with van der Waals surface area (Å²) in [6, 6.07) is 10.3. The van der Waals surface area contributed by atoms with E-state index < -0.39 is 0 Å². The number of rotatable bonds is 7. The monoisotopic (exact) mass is 442 g/mol. The van der Waals surface area contributed by atoms with Gasteiger partial charge in [-0.2, -0.15) is 0 Å². The van der Waals surface area contributed by atoms with Crippen LogP contribution in [0.4, 0.5) is 5.69 Å². The maximum absolute atomic E-state index is 6.14. The van der Waals surface area contributed by atoms with Crippen LogP contribution < -0.4 is 9.64 Å². The predicted molar refractivity (Wildman–Crippen MR) is 127 cm³/mol. The molecule has 2 aliphatic rings. The molecule has 0 unspecified atom stereocenters. The first-order valence-electron chi connectivity index (χ1n) is 10.8. The summed E-state index contributed by atoms with van der Waals surface area (Å²) >= 11 is 4.03. The van der Waals surface area contributed by atoms with Crippen LogP contribution in [0.1, 0.15) is 11.1 Å². The van der Waals surface area contributed by atoms with Crippen LogP contribution in [-0.4, -0.2) is 81.9 Å². The number of thiol groups is 1. The molecule has 0 spiro atoms. The number of hydrogen-bond donors (Lipinski definition) is 1. The summed E-state index contributed by atoms with van der Waals surface area (Å²) < 4.78 is 21.0. The first-order valence-corrected chi connectivity index (χ1v) is 11.2. The number of anilines is 1. The fourth-order valence-electron chi connectivity index (χ4n) is 4.01. The Balaban J connectivity index is 1.62. The third-order valence-electron chi connectivity index (χ3n) is 5.68. The first kappa shape index (κ1) is 22.1. The molecule has 2 saturated heterocycles. The van der Waals surface area contributed by atoms with Crippen LogP contribution in [0.2, 0.25) is 0 Å². The highest BCUT2D eigenvalue weighted by Gasteiger charge is 2.17. The second-order valence-corrected chi connectivity index (χ2v) is 7.97. The second-order valence-electron chi connectivity index (χ2n) is 7.73. The Morgan fingerprint density at radius 1 is 1.10 bits per heavy atom. The quantitative estimate of drug-likeness (QED) is 0.526. The first-order chi connectivity index (χ1) is 15.2. The third-order valence-corrected chi connectivity index (χ3v) is 5.80. The standard InChI is InChI=1S/C23H30N4O3S/c1-18-3-2-4-19(17-24-31)23(18)21-15-20(27-8-12-29-13-9-27)16-22(25-21)30-14-7-26-5-10-28-11-6-26/h2-4,15-17,31H,5-14H2,1H3. The maximum Gasteiger partial charge on any atom is 0.215 e. The van der Waals surface area contributed by atoms with Crippen molar-refractivity contribution in [2.24, 2.45) is 4.40 Å². The average Bonchev–Trinajstić information content (AvgIpc) is 2.80. The lowest BCUT2D eigenvalue weighted by Crippen LogP contribution is -2.38. The van der Waals surface area contributed by atoms with Crippen molar-refractivity contribution in [1.29, 1.82) is 0 Å². The highest BCUT2D eigenvalue weighted by atomic mass is 32.1. The van der Waals surface area contributed by atoms with E-state index in [2.05, 4.69) is 46.1 Å². The van der Waals surface area contributed by atoms with E-state index in [-0.39, 0.29) is 0 Å². The summed E-state index contributed by atoms with van der Waals surface area (Å²) in [4.78, 5) is 9.56. The fourth-order valence-corrected chi connectivity index (χ4v) is 4.14. The predicted octanol–water partition coefficient (Wildman–Crippen LogP) is 2.87. The lowest BCUT2D eigenvalue weighted by molar-refractivity contribution is 0.0320. The maximum atomic E-state index is 6.14. The molecule has 0 amide bonds. The van der Waals surface area contributed by atoms with Gasteiger partial charge in [0.15, 0.2) is 0 Å². The van der Waals surface area contributed by atoms with Gasteiger partial charge in [0.05, 0.1) is 32.1 Å². The van der Waals surface area contributed by atoms with Gasteiger partial charge in [-0.15, -0.1) is 0 Å². The van der Waals surface area contributed by atoms with E-state index in [9.17, 15) is 0 Å². The molecule has 0 N–H and O–H groups in total. The van der Waals surface area contributed by atoms with E-state index >= 15 is 0 Å². The average molecular weight is 443 g/mol. The molecule has 2 fully saturated rings. The van der Waals surface area contributed by atoms with Crippen molar-refractivity contribution in [3.8, 4) is 17.1 Å². The minimum absolute atomic E-state index is 0.595. The number of benzene rings is 1. The molecular weight excluding hydrogens is 412 g/mol. The van der Waals surface area contributed by atoms with Gasteiger partial charge in [0, 0.05) is 61.8 Å². The zero-order valence-corrected chi connectivity index (χ0v) is 18.9. The van der Waals surface area contributed by atoms with Gasteiger partial charge in [-0.05, 0) is 31.4 Å². The Labute approximate surface area is 189 Å². The molecule has 1 aromatic carbocycles. The Kier molecular flexibility index (Phi) is 7.80. The number of morpholine rings is 2. The second kappa shape index (κ2) is 10.9. The molecule has 31 heavy (non-hydrogen) atoms. The van der Waals surface area contributed by atoms with E-state index in [1.54, 1.807) is 6.21 Å². The molecule has 0 radical (unpaired) electrons. The van der Waals surface area contributed by atoms with Crippen molar-refractivity contribution in [3.63, 3.8) is 0 Å². The molecule has 2 aromatic rings. The van der Waals surface area contributed by atoms with E-state index in [1.807, 2.05) is 18.2 Å². The Morgan fingerprint density at radius 3 is 2.58 bits per heavy atom. The lowest BCUT2D eigenvalue weighted by Gasteiger charge is -2.29. The van der Waals surface area contributed by atoms with Gasteiger partial charge >= 0.3 is 0 Å². The number of pyridine rings is 1. The van der Waals surface area contributed by atoms with Gasteiger partial charge in [-0.25, -0.2) is 9.38 Å². The summed E-state index contributed by atoms with van der Waals surface area (Å²) in [5.74, 6) is 0.643. The molecule has 2 aliphatic heterocycles. The topological polar surface area (TPSA) is 59.4 Å². The molecule has 8 heteroatoms. The van der Waals surface area contributed by atoms with Gasteiger partial charge in [0.1, 0.15) is 6.61 Å². The fraction of sp³-hybridized carbons (Fsp3) is 0.478. The SMILES string of the molecule is Cc1cccc(C=NS)c1-c1cc(N2CCOCC2)cc(OCCN2CCOCC2)n1. The van der Waals surface area contributed by atoms with Crippen LogP contribution >= 0.6 is 12.8 Å². The van der Waals surface area contributed by atoms with Crippen molar-refractivity contribution in [2.75, 3.05) is 70.7 Å². The number of aryl methyl sites for hydroxylation is 1. The summed E-state index contributed by atoms with van der Waals surface area (Å²) in [6.45, 7) is 10.2. The largest absolute Gasteiger partial charge is 0.476 e. The van der Waals surface area contributed by atoms with Crippen LogP contribution in [0.25, 0.3) is 11.3 Å². The molecule has 3 heterocycles. The van der Waals surface area contributed by atoms with Crippen molar-refractivity contribution >= 4 is 24.7 Å². The van der Waals surface area contributed by atoms with E-state index in [0.29, 0.717) is 12.5 Å². The Morgan fingerprint density at radius 2 is 1.84 bits per heavy atom. The summed E-state index contributed by atoms with van der Waals surface area (Å²) in [5.41, 5.74) is 5.16. The van der Waals surface area contributed by atoms with E-state index in [0.717, 1.165) is 87.2 Å². The zero-order chi connectivity index (χ0) is 21.5. The Bertz CT molecular complexity index is 896. The van der Waals surface area contributed by atoms with Gasteiger partial charge in [-0.3, -0.25) is 4.90 Å². The van der Waals surface area contributed by atoms with Gasteiger partial charge in [0.2, 0.25) is 5.88 Å². The van der Waals surface area contributed by atoms with Crippen molar-refractivity contribution in [1.82, 2.24) is 9.88 Å². The molecule has 1 aromatic heterocycles. The van der Waals surface area contributed by atoms with Crippen LogP contribution in [0.15, 0.2) is 34.7 Å². The molecule has 0 bridgehead atoms. The Hall–Kier alpha value is -2.13. The number of nitrogens with zero attached hydrogens (tertiary/aromatic N) is 4. The minimum Gasteiger partial charge on any atom is -0.476 e. The summed E-state index contributed by atoms with van der Waals surface area (Å²) in [6.07, 6.45) is 1.76. The van der Waals surface area contributed by atoms with Crippen LogP contribution in [-0.2, 0) is 9.47 Å². The molecule has 166 valence electrons. The number of ether oxygens (including phenoxy) is 3. The molecule has 4 rings (SSSR count). The molecule has 7 nitrogen and oxygen atoms in total. The van der Waals surface area contributed by atoms with Gasteiger partial charge in [0.25, 0.3) is 0 Å². The minimum atomic E-state index is 0.595. The van der Waals surface area contributed by atoms with Crippen molar-refractivity contribution < 1.29 is 14.2 Å². The van der Waals surface area contributed by atoms with Crippen LogP contribution in [0, 0.1) is 6.92 Å². The normalized spacial score (nSPS) is 17.9. The lowest BCUT2D eigenvalue weighted by atomic mass is 9.99. The molecule has 0 atom stereocenters. The zero-order valence-electron chi connectivity index (χ0n) is 18.0. The van der Waals surface area contributed by atoms with Gasteiger partial charge < -0.3 is 19.1 Å². The number of aromatic nitrogens is 1. The third kappa shape index (κ3) is 5.77.